The van der Waals surface area contributed by atoms with Crippen molar-refractivity contribution >= 4 is 5.78 Å². The van der Waals surface area contributed by atoms with Crippen molar-refractivity contribution in [2.24, 2.45) is 0 Å². The first-order valence-electron chi connectivity index (χ1n) is 7.14. The number of hydrogen-bond donors (Lipinski definition) is 0. The molecule has 2 aromatic carbocycles. The number of aryl methyl sites for hydroxylation is 1. The molecule has 0 fully saturated rings. The number of hydrogen-bond acceptors (Lipinski definition) is 5. The Bertz CT molecular complexity index is 666. The number of methoxy groups -OCH3 is 2. The smallest absolute Gasteiger partial charge is 0.196 e. The van der Waals surface area contributed by atoms with Crippen molar-refractivity contribution in [2.75, 3.05) is 27.8 Å². The Morgan fingerprint density at radius 1 is 0.957 bits per heavy atom. The Balaban J connectivity index is 2.36. The van der Waals surface area contributed by atoms with Crippen LogP contribution in [0.2, 0.25) is 0 Å². The van der Waals surface area contributed by atoms with Gasteiger partial charge >= 0.3 is 0 Å². The topological polar surface area (TPSA) is 54.0 Å². The molecule has 23 heavy (non-hydrogen) atoms. The highest BCUT2D eigenvalue weighted by Crippen LogP contribution is 2.27. The molecule has 0 spiro atoms. The summed E-state index contributed by atoms with van der Waals surface area (Å²) < 4.78 is 20.7. The maximum absolute atomic E-state index is 12.8. The average Bonchev–Trinajstić information content (AvgIpc) is 2.57. The van der Waals surface area contributed by atoms with Crippen LogP contribution in [-0.2, 0) is 9.47 Å². The van der Waals surface area contributed by atoms with Crippen LogP contribution in [0.15, 0.2) is 42.5 Å². The van der Waals surface area contributed by atoms with Gasteiger partial charge in [0.2, 0.25) is 0 Å². The van der Waals surface area contributed by atoms with Crippen LogP contribution in [0.3, 0.4) is 0 Å². The van der Waals surface area contributed by atoms with Gasteiger partial charge in [-0.1, -0.05) is 23.8 Å². The lowest BCUT2D eigenvalue weighted by Gasteiger charge is -2.13. The summed E-state index contributed by atoms with van der Waals surface area (Å²) in [6.07, 6.45) is 0. The van der Waals surface area contributed by atoms with E-state index >= 15 is 0 Å². The van der Waals surface area contributed by atoms with Crippen molar-refractivity contribution in [1.82, 2.24) is 0 Å². The van der Waals surface area contributed by atoms with Gasteiger partial charge in [0, 0.05) is 19.8 Å². The third-order valence-electron chi connectivity index (χ3n) is 3.15. The Labute approximate surface area is 135 Å². The molecule has 0 radical (unpaired) electrons. The number of carbonyl (C=O) groups excluding carboxylic acids is 1. The van der Waals surface area contributed by atoms with Crippen LogP contribution in [0.4, 0.5) is 0 Å². The predicted molar refractivity (Wildman–Crippen MR) is 86.1 cm³/mol. The molecule has 5 nitrogen and oxygen atoms in total. The first-order chi connectivity index (χ1) is 11.2. The van der Waals surface area contributed by atoms with E-state index < -0.39 is 0 Å². The van der Waals surface area contributed by atoms with E-state index in [-0.39, 0.29) is 19.4 Å². The molecule has 0 bridgehead atoms. The fourth-order valence-corrected chi connectivity index (χ4v) is 2.09. The van der Waals surface area contributed by atoms with E-state index in [9.17, 15) is 4.79 Å². The minimum Gasteiger partial charge on any atom is -0.468 e. The molecule has 0 unspecified atom stereocenters. The highest BCUT2D eigenvalue weighted by molar-refractivity contribution is 6.11. The quantitative estimate of drug-likeness (QED) is 0.553. The molecule has 0 atom stereocenters. The Morgan fingerprint density at radius 3 is 2.39 bits per heavy atom. The van der Waals surface area contributed by atoms with Crippen LogP contribution < -0.4 is 9.47 Å². The van der Waals surface area contributed by atoms with E-state index in [4.69, 9.17) is 18.9 Å². The molecule has 0 amide bonds. The van der Waals surface area contributed by atoms with Gasteiger partial charge in [0.1, 0.15) is 11.5 Å². The number of rotatable bonds is 8. The maximum atomic E-state index is 12.8. The maximum Gasteiger partial charge on any atom is 0.196 e. The van der Waals surface area contributed by atoms with E-state index in [1.807, 2.05) is 25.1 Å². The monoisotopic (exact) mass is 316 g/mol. The van der Waals surface area contributed by atoms with Crippen molar-refractivity contribution < 1.29 is 23.7 Å². The van der Waals surface area contributed by atoms with Gasteiger partial charge in [-0.25, -0.2) is 0 Å². The van der Waals surface area contributed by atoms with Gasteiger partial charge in [0.05, 0.1) is 5.56 Å². The molecular formula is C18H20O5. The molecule has 2 aromatic rings. The fourth-order valence-electron chi connectivity index (χ4n) is 2.09. The molecule has 5 heteroatoms. The molecular weight excluding hydrogens is 296 g/mol. The molecule has 0 saturated carbocycles. The van der Waals surface area contributed by atoms with Crippen molar-refractivity contribution in [1.29, 1.82) is 0 Å². The molecule has 122 valence electrons. The molecule has 0 N–H and O–H groups in total. The molecule has 0 aliphatic heterocycles. The number of ketones is 1. The minimum absolute atomic E-state index is 0.0619. The number of ether oxygens (including phenoxy) is 4. The van der Waals surface area contributed by atoms with Crippen molar-refractivity contribution in [3.63, 3.8) is 0 Å². The Hall–Kier alpha value is -2.37. The lowest BCUT2D eigenvalue weighted by atomic mass is 10.0. The highest BCUT2D eigenvalue weighted by atomic mass is 16.7. The zero-order valence-electron chi connectivity index (χ0n) is 13.5. The summed E-state index contributed by atoms with van der Waals surface area (Å²) in [6.45, 7) is 2.11. The molecule has 2 rings (SSSR count). The number of carbonyl (C=O) groups is 1. The summed E-state index contributed by atoms with van der Waals surface area (Å²) in [5.41, 5.74) is 2.03. The van der Waals surface area contributed by atoms with Gasteiger partial charge in [-0.3, -0.25) is 4.79 Å². The molecule has 0 aliphatic carbocycles. The van der Waals surface area contributed by atoms with Crippen LogP contribution in [0.5, 0.6) is 11.5 Å². The first kappa shape index (κ1) is 17.0. The lowest BCUT2D eigenvalue weighted by molar-refractivity contribution is 0.0477. The fraction of sp³-hybridized carbons (Fsp3) is 0.278. The highest BCUT2D eigenvalue weighted by Gasteiger charge is 2.16. The standard InChI is InChI=1S/C18H20O5/c1-13-5-4-6-14(9-13)18(19)16-10-15(22-11-20-2)7-8-17(16)23-12-21-3/h4-10H,11-12H2,1-3H3. The summed E-state index contributed by atoms with van der Waals surface area (Å²) in [4.78, 5) is 12.8. The van der Waals surface area contributed by atoms with Crippen molar-refractivity contribution in [2.45, 2.75) is 6.92 Å². The van der Waals surface area contributed by atoms with Gasteiger partial charge in [0.25, 0.3) is 0 Å². The van der Waals surface area contributed by atoms with Crippen LogP contribution in [0.25, 0.3) is 0 Å². The molecule has 0 saturated heterocycles. The second kappa shape index (κ2) is 8.31. The first-order valence-corrected chi connectivity index (χ1v) is 7.14. The molecule has 0 heterocycles. The van der Waals surface area contributed by atoms with Gasteiger partial charge in [-0.2, -0.15) is 0 Å². The van der Waals surface area contributed by atoms with E-state index in [1.165, 1.54) is 14.2 Å². The number of benzene rings is 2. The zero-order valence-corrected chi connectivity index (χ0v) is 13.5. The molecule has 0 aromatic heterocycles. The van der Waals surface area contributed by atoms with Gasteiger partial charge in [0.15, 0.2) is 19.4 Å². The van der Waals surface area contributed by atoms with E-state index in [0.29, 0.717) is 22.6 Å². The van der Waals surface area contributed by atoms with Gasteiger partial charge in [-0.15, -0.1) is 0 Å². The third kappa shape index (κ3) is 4.55. The van der Waals surface area contributed by atoms with Crippen molar-refractivity contribution in [3.05, 3.63) is 59.2 Å². The summed E-state index contributed by atoms with van der Waals surface area (Å²) in [7, 11) is 3.06. The summed E-state index contributed by atoms with van der Waals surface area (Å²) in [5.74, 6) is 0.846. The summed E-state index contributed by atoms with van der Waals surface area (Å²) >= 11 is 0. The molecule has 0 aliphatic rings. The van der Waals surface area contributed by atoms with Gasteiger partial charge < -0.3 is 18.9 Å². The minimum atomic E-state index is -0.136. The second-order valence-electron chi connectivity index (χ2n) is 4.96. The van der Waals surface area contributed by atoms with E-state index in [0.717, 1.165) is 5.56 Å². The van der Waals surface area contributed by atoms with Crippen LogP contribution in [0.1, 0.15) is 21.5 Å². The summed E-state index contributed by atoms with van der Waals surface area (Å²) in [5, 5.41) is 0. The van der Waals surface area contributed by atoms with Gasteiger partial charge in [-0.05, 0) is 31.2 Å². The zero-order chi connectivity index (χ0) is 16.7. The Kier molecular flexibility index (Phi) is 6.14. The van der Waals surface area contributed by atoms with Crippen LogP contribution in [0, 0.1) is 6.92 Å². The van der Waals surface area contributed by atoms with E-state index in [2.05, 4.69) is 0 Å². The van der Waals surface area contributed by atoms with Crippen LogP contribution in [-0.4, -0.2) is 33.6 Å². The predicted octanol–water partition coefficient (Wildman–Crippen LogP) is 3.19. The van der Waals surface area contributed by atoms with Crippen LogP contribution >= 0.6 is 0 Å². The second-order valence-corrected chi connectivity index (χ2v) is 4.96. The average molecular weight is 316 g/mol. The SMILES string of the molecule is COCOc1ccc(OCOC)c(C(=O)c2cccc(C)c2)c1. The third-order valence-corrected chi connectivity index (χ3v) is 3.15. The largest absolute Gasteiger partial charge is 0.468 e. The van der Waals surface area contributed by atoms with Crippen molar-refractivity contribution in [3.8, 4) is 11.5 Å². The van der Waals surface area contributed by atoms with E-state index in [1.54, 1.807) is 24.3 Å². The normalized spacial score (nSPS) is 10.4. The summed E-state index contributed by atoms with van der Waals surface area (Å²) in [6, 6.07) is 12.5. The Morgan fingerprint density at radius 2 is 1.70 bits per heavy atom. The lowest BCUT2D eigenvalue weighted by Crippen LogP contribution is -2.08.